The monoisotopic (exact) mass is 493 g/mol. The molecule has 0 fully saturated rings. The van der Waals surface area contributed by atoms with Gasteiger partial charge in [0.05, 0.1) is 22.7 Å². The van der Waals surface area contributed by atoms with Gasteiger partial charge in [0.25, 0.3) is 0 Å². The molecule has 170 valence electrons. The molecular weight excluding hydrogens is 480 g/mol. The summed E-state index contributed by atoms with van der Waals surface area (Å²) in [7, 11) is -4.28. The summed E-state index contributed by atoms with van der Waals surface area (Å²) in [6.45, 7) is 0. The number of sulfone groups is 1. The summed E-state index contributed by atoms with van der Waals surface area (Å²) in [4.78, 5) is 28.0. The lowest BCUT2D eigenvalue weighted by Gasteiger charge is -2.07. The predicted molar refractivity (Wildman–Crippen MR) is 115 cm³/mol. The number of rotatable bonds is 5. The van der Waals surface area contributed by atoms with Crippen LogP contribution in [0.5, 0.6) is 5.75 Å². The minimum absolute atomic E-state index is 0. The molecule has 0 saturated heterocycles. The highest BCUT2D eigenvalue weighted by Crippen LogP contribution is 2.27. The topological polar surface area (TPSA) is 119 Å². The number of esters is 1. The first kappa shape index (κ1) is 24.0. The molecule has 0 amide bonds. The Labute approximate surface area is 191 Å². The van der Waals surface area contributed by atoms with Gasteiger partial charge in [0, 0.05) is 6.26 Å². The van der Waals surface area contributed by atoms with E-state index in [0.29, 0.717) is 12.3 Å². The van der Waals surface area contributed by atoms with Crippen LogP contribution in [0.1, 0.15) is 26.4 Å². The second-order valence-electron chi connectivity index (χ2n) is 6.74. The van der Waals surface area contributed by atoms with Crippen LogP contribution in [0.15, 0.2) is 59.6 Å². The molecule has 33 heavy (non-hydrogen) atoms. The molecule has 0 aliphatic carbocycles. The zero-order valence-corrected chi connectivity index (χ0v) is 18.3. The van der Waals surface area contributed by atoms with Gasteiger partial charge in [-0.25, -0.2) is 27.0 Å². The van der Waals surface area contributed by atoms with Crippen LogP contribution in [0.2, 0.25) is 0 Å². The van der Waals surface area contributed by atoms with Crippen molar-refractivity contribution in [3.63, 3.8) is 0 Å². The zero-order chi connectivity index (χ0) is 23.0. The van der Waals surface area contributed by atoms with Crippen LogP contribution in [0.3, 0.4) is 0 Å². The summed E-state index contributed by atoms with van der Waals surface area (Å²) in [5.41, 5.74) is -0.560. The predicted octanol–water partition coefficient (Wildman–Crippen LogP) is 3.51. The van der Waals surface area contributed by atoms with E-state index in [1.165, 1.54) is 12.3 Å². The number of carbonyl (C=O) groups excluding carboxylic acids is 2. The van der Waals surface area contributed by atoms with Gasteiger partial charge in [-0.2, -0.15) is 5.10 Å². The Hall–Kier alpha value is -3.70. The molecule has 0 atom stereocenters. The van der Waals surface area contributed by atoms with Crippen LogP contribution >= 0.6 is 12.4 Å². The number of nitrogens with zero attached hydrogens (tertiary/aromatic N) is 2. The highest BCUT2D eigenvalue weighted by Gasteiger charge is 2.27. The van der Waals surface area contributed by atoms with Crippen LogP contribution in [-0.2, 0) is 9.84 Å². The molecule has 0 saturated carbocycles. The second kappa shape index (κ2) is 9.04. The fraction of sp³-hybridized carbons (Fsp3) is 0.0476. The molecule has 8 nitrogen and oxygen atoms in total. The van der Waals surface area contributed by atoms with E-state index in [0.717, 1.165) is 6.07 Å². The first-order chi connectivity index (χ1) is 15.2. The van der Waals surface area contributed by atoms with E-state index in [2.05, 4.69) is 15.2 Å². The number of fused-ring (bicyclic) bond motifs is 1. The van der Waals surface area contributed by atoms with Crippen molar-refractivity contribution in [3.05, 3.63) is 83.2 Å². The summed E-state index contributed by atoms with van der Waals surface area (Å²) < 4.78 is 57.4. The fourth-order valence-electron chi connectivity index (χ4n) is 3.03. The van der Waals surface area contributed by atoms with Gasteiger partial charge in [-0.05, 0) is 30.3 Å². The number of pyridine rings is 1. The van der Waals surface area contributed by atoms with E-state index in [-0.39, 0.29) is 40.4 Å². The summed E-state index contributed by atoms with van der Waals surface area (Å²) in [6, 6.07) is 11.0. The molecule has 0 unspecified atom stereocenters. The minimum atomic E-state index is -4.28. The van der Waals surface area contributed by atoms with E-state index in [1.54, 1.807) is 30.3 Å². The number of hydrogen-bond acceptors (Lipinski definition) is 7. The lowest BCUT2D eigenvalue weighted by Crippen LogP contribution is -2.12. The van der Waals surface area contributed by atoms with Gasteiger partial charge >= 0.3 is 5.97 Å². The van der Waals surface area contributed by atoms with E-state index in [4.69, 9.17) is 4.74 Å². The van der Waals surface area contributed by atoms with Gasteiger partial charge in [0.1, 0.15) is 22.2 Å². The number of benzene rings is 2. The normalized spacial score (nSPS) is 11.1. The molecule has 4 aromatic rings. The van der Waals surface area contributed by atoms with Crippen LogP contribution in [0.4, 0.5) is 8.78 Å². The second-order valence-corrected chi connectivity index (χ2v) is 8.69. The van der Waals surface area contributed by atoms with Gasteiger partial charge in [0.15, 0.2) is 21.3 Å². The molecule has 4 rings (SSSR count). The Morgan fingerprint density at radius 1 is 1.06 bits per heavy atom. The Bertz CT molecular complexity index is 1490. The van der Waals surface area contributed by atoms with Crippen molar-refractivity contribution in [1.29, 1.82) is 0 Å². The molecule has 0 aliphatic rings. The molecule has 2 aromatic carbocycles. The van der Waals surface area contributed by atoms with Crippen molar-refractivity contribution in [2.24, 2.45) is 0 Å². The third-order valence-electron chi connectivity index (χ3n) is 4.50. The highest BCUT2D eigenvalue weighted by atomic mass is 35.5. The number of hydrogen-bond donors (Lipinski definition) is 1. The molecule has 1 N–H and O–H groups in total. The first-order valence-corrected chi connectivity index (χ1v) is 10.9. The fourth-order valence-corrected chi connectivity index (χ4v) is 3.89. The summed E-state index contributed by atoms with van der Waals surface area (Å²) in [5.74, 6) is -4.47. The van der Waals surface area contributed by atoms with E-state index in [9.17, 15) is 26.8 Å². The molecule has 0 spiro atoms. The third-order valence-corrected chi connectivity index (χ3v) is 5.61. The largest absolute Gasteiger partial charge is 0.421 e. The maximum atomic E-state index is 14.8. The molecule has 0 bridgehead atoms. The summed E-state index contributed by atoms with van der Waals surface area (Å²) in [5, 5.41) is 6.36. The van der Waals surface area contributed by atoms with Crippen LogP contribution in [0, 0.1) is 11.6 Å². The number of aromatic nitrogens is 3. The molecule has 12 heteroatoms. The van der Waals surface area contributed by atoms with Gasteiger partial charge in [-0.15, -0.1) is 12.4 Å². The Kier molecular flexibility index (Phi) is 6.56. The zero-order valence-electron chi connectivity index (χ0n) is 16.7. The lowest BCUT2D eigenvalue weighted by molar-refractivity contribution is 0.0734. The summed E-state index contributed by atoms with van der Waals surface area (Å²) in [6.07, 6.45) is 1.85. The number of ether oxygens (including phenoxy) is 1. The van der Waals surface area contributed by atoms with Crippen molar-refractivity contribution >= 4 is 45.0 Å². The average molecular weight is 494 g/mol. The van der Waals surface area contributed by atoms with Gasteiger partial charge in [-0.3, -0.25) is 9.89 Å². The van der Waals surface area contributed by atoms with E-state index >= 15 is 0 Å². The molecule has 0 aliphatic heterocycles. The van der Waals surface area contributed by atoms with Gasteiger partial charge < -0.3 is 4.74 Å². The van der Waals surface area contributed by atoms with E-state index in [1.807, 2.05) is 0 Å². The number of nitrogens with one attached hydrogen (secondary N) is 1. The lowest BCUT2D eigenvalue weighted by atomic mass is 10.1. The summed E-state index contributed by atoms with van der Waals surface area (Å²) >= 11 is 0. The quantitative estimate of drug-likeness (QED) is 0.334. The maximum Gasteiger partial charge on any atom is 0.343 e. The Morgan fingerprint density at radius 3 is 2.42 bits per heavy atom. The number of aromatic amines is 1. The average Bonchev–Trinajstić information content (AvgIpc) is 3.16. The maximum absolute atomic E-state index is 14.8. The smallest absolute Gasteiger partial charge is 0.343 e. The molecule has 2 aromatic heterocycles. The molecule has 2 heterocycles. The number of H-pyrrole nitrogens is 1. The first-order valence-electron chi connectivity index (χ1n) is 9.01. The SMILES string of the molecule is CS(=O)(=O)c1c(F)ccc(C(=O)c2[nH]nc3ncc(OC(=O)c4ccccc4)cc23)c1F.Cl. The van der Waals surface area contributed by atoms with Crippen LogP contribution in [0.25, 0.3) is 11.0 Å². The highest BCUT2D eigenvalue weighted by molar-refractivity contribution is 7.90. The number of carbonyl (C=O) groups is 2. The number of halogens is 3. The third kappa shape index (κ3) is 4.59. The number of ketones is 1. The van der Waals surface area contributed by atoms with Crippen molar-refractivity contribution in [1.82, 2.24) is 15.2 Å². The van der Waals surface area contributed by atoms with Crippen LogP contribution in [-0.4, -0.2) is 41.6 Å². The van der Waals surface area contributed by atoms with Gasteiger partial charge in [-0.1, -0.05) is 18.2 Å². The molecule has 0 radical (unpaired) electrons. The Balaban J connectivity index is 0.00000306. The molecular formula is C21H14ClF2N3O5S. The standard InChI is InChI=1S/C21H13F2N3O5S.ClH/c1-32(29,30)19-15(22)8-7-13(16(19)23)18(27)17-14-9-12(10-24-20(14)26-25-17)31-21(28)11-5-3-2-4-6-11;/h2-10H,1H3,(H,24,25,26);1H. The van der Waals surface area contributed by atoms with Crippen molar-refractivity contribution in [2.45, 2.75) is 4.90 Å². The van der Waals surface area contributed by atoms with Crippen molar-refractivity contribution in [3.8, 4) is 5.75 Å². The Morgan fingerprint density at radius 2 is 1.76 bits per heavy atom. The van der Waals surface area contributed by atoms with Crippen molar-refractivity contribution in [2.75, 3.05) is 6.26 Å². The van der Waals surface area contributed by atoms with Gasteiger partial charge in [0.2, 0.25) is 5.78 Å². The van der Waals surface area contributed by atoms with Crippen LogP contribution < -0.4 is 4.74 Å². The van der Waals surface area contributed by atoms with E-state index < -0.39 is 43.7 Å². The minimum Gasteiger partial charge on any atom is -0.421 e. The van der Waals surface area contributed by atoms with Crippen molar-refractivity contribution < 1.29 is 31.5 Å².